The van der Waals surface area contributed by atoms with Gasteiger partial charge >= 0.3 is 0 Å². The molecule has 1 aromatic rings. The quantitative estimate of drug-likeness (QED) is 0.813. The maximum Gasteiger partial charge on any atom is 0.272 e. The molecule has 1 heterocycles. The van der Waals surface area contributed by atoms with Crippen LogP contribution >= 0.6 is 0 Å². The second kappa shape index (κ2) is 7.23. The lowest BCUT2D eigenvalue weighted by molar-refractivity contribution is 0.0798. The molecule has 7 heteroatoms. The number of hydrogen-bond acceptors (Lipinski definition) is 5. The fraction of sp³-hybridized carbons (Fsp3) is 0.538. The van der Waals surface area contributed by atoms with Crippen molar-refractivity contribution < 1.29 is 13.2 Å². The Kier molecular flexibility index (Phi) is 5.94. The van der Waals surface area contributed by atoms with Crippen molar-refractivity contribution in [2.24, 2.45) is 0 Å². The number of aromatic nitrogens is 1. The zero-order valence-corrected chi connectivity index (χ0v) is 12.9. The number of carbonyl (C=O) groups excluding carboxylic acids is 1. The Bertz CT molecular complexity index is 558. The van der Waals surface area contributed by atoms with Crippen LogP contribution in [0.1, 0.15) is 23.8 Å². The van der Waals surface area contributed by atoms with Crippen molar-refractivity contribution in [2.45, 2.75) is 13.3 Å². The number of nitrogens with zero attached hydrogens (tertiary/aromatic N) is 2. The van der Waals surface area contributed by atoms with Crippen LogP contribution < -0.4 is 5.32 Å². The maximum atomic E-state index is 12.1. The molecule has 1 rings (SSSR count). The first-order valence-corrected chi connectivity index (χ1v) is 8.52. The summed E-state index contributed by atoms with van der Waals surface area (Å²) in [6.45, 7) is 3.03. The fourth-order valence-corrected chi connectivity index (χ4v) is 2.13. The Balaban J connectivity index is 2.71. The molecule has 0 bridgehead atoms. The summed E-state index contributed by atoms with van der Waals surface area (Å²) in [5, 5.41) is 3.18. The molecule has 0 aromatic carbocycles. The van der Waals surface area contributed by atoms with Gasteiger partial charge in [-0.05, 0) is 18.6 Å². The van der Waals surface area contributed by atoms with Crippen LogP contribution in [0.25, 0.3) is 0 Å². The first-order valence-electron chi connectivity index (χ1n) is 6.46. The molecule has 0 spiro atoms. The normalized spacial score (nSPS) is 11.2. The molecule has 6 nitrogen and oxygen atoms in total. The molecule has 0 atom stereocenters. The smallest absolute Gasteiger partial charge is 0.272 e. The molecule has 1 aromatic heterocycles. The monoisotopic (exact) mass is 299 g/mol. The summed E-state index contributed by atoms with van der Waals surface area (Å²) in [4.78, 5) is 17.5. The van der Waals surface area contributed by atoms with Gasteiger partial charge in [-0.25, -0.2) is 8.42 Å². The summed E-state index contributed by atoms with van der Waals surface area (Å²) in [7, 11) is -1.51. The number of carbonyl (C=O) groups is 1. The van der Waals surface area contributed by atoms with E-state index >= 15 is 0 Å². The van der Waals surface area contributed by atoms with Crippen LogP contribution in [0.2, 0.25) is 0 Å². The summed E-state index contributed by atoms with van der Waals surface area (Å²) in [5.74, 6) is -0.336. The molecule has 0 unspecified atom stereocenters. The highest BCUT2D eigenvalue weighted by Crippen LogP contribution is 2.09. The molecule has 0 saturated carbocycles. The van der Waals surface area contributed by atoms with Gasteiger partial charge in [0.1, 0.15) is 15.5 Å². The van der Waals surface area contributed by atoms with Crippen molar-refractivity contribution in [1.29, 1.82) is 0 Å². The topological polar surface area (TPSA) is 79.4 Å². The Morgan fingerprint density at radius 1 is 1.45 bits per heavy atom. The predicted molar refractivity (Wildman–Crippen MR) is 79.7 cm³/mol. The van der Waals surface area contributed by atoms with Crippen molar-refractivity contribution >= 4 is 21.4 Å². The highest BCUT2D eigenvalue weighted by Gasteiger charge is 2.15. The first-order chi connectivity index (χ1) is 9.33. The van der Waals surface area contributed by atoms with Gasteiger partial charge in [-0.1, -0.05) is 6.92 Å². The number of rotatable bonds is 7. The number of sulfone groups is 1. The number of nitrogens with one attached hydrogen (secondary N) is 1. The van der Waals surface area contributed by atoms with Crippen molar-refractivity contribution in [2.75, 3.05) is 37.5 Å². The van der Waals surface area contributed by atoms with E-state index in [4.69, 9.17) is 0 Å². The second-order valence-electron chi connectivity index (χ2n) is 4.71. The molecule has 112 valence electrons. The minimum Gasteiger partial charge on any atom is -0.385 e. The average molecular weight is 299 g/mol. The van der Waals surface area contributed by atoms with Gasteiger partial charge in [-0.15, -0.1) is 0 Å². The molecule has 0 aliphatic heterocycles. The van der Waals surface area contributed by atoms with E-state index in [0.29, 0.717) is 5.69 Å². The van der Waals surface area contributed by atoms with Crippen LogP contribution in [0, 0.1) is 0 Å². The Morgan fingerprint density at radius 2 is 2.15 bits per heavy atom. The van der Waals surface area contributed by atoms with Crippen LogP contribution in [0.15, 0.2) is 18.3 Å². The molecular formula is C13H21N3O3S. The maximum absolute atomic E-state index is 12.1. The van der Waals surface area contributed by atoms with E-state index in [9.17, 15) is 13.2 Å². The van der Waals surface area contributed by atoms with Crippen LogP contribution in [0.4, 0.5) is 5.69 Å². The van der Waals surface area contributed by atoms with E-state index < -0.39 is 9.84 Å². The van der Waals surface area contributed by atoms with E-state index in [1.54, 1.807) is 25.4 Å². The number of amides is 1. The molecular weight excluding hydrogens is 278 g/mol. The zero-order valence-electron chi connectivity index (χ0n) is 12.1. The molecule has 1 amide bonds. The van der Waals surface area contributed by atoms with Crippen molar-refractivity contribution in [1.82, 2.24) is 9.88 Å². The highest BCUT2D eigenvalue weighted by molar-refractivity contribution is 7.90. The van der Waals surface area contributed by atoms with E-state index in [-0.39, 0.29) is 18.2 Å². The van der Waals surface area contributed by atoms with Gasteiger partial charge in [0.25, 0.3) is 5.91 Å². The fourth-order valence-electron chi connectivity index (χ4n) is 1.53. The van der Waals surface area contributed by atoms with Gasteiger partial charge in [-0.3, -0.25) is 9.78 Å². The summed E-state index contributed by atoms with van der Waals surface area (Å²) in [6.07, 6.45) is 3.70. The Labute approximate surface area is 120 Å². The van der Waals surface area contributed by atoms with Gasteiger partial charge in [-0.2, -0.15) is 0 Å². The van der Waals surface area contributed by atoms with Crippen molar-refractivity contribution in [3.63, 3.8) is 0 Å². The van der Waals surface area contributed by atoms with E-state index in [2.05, 4.69) is 17.2 Å². The predicted octanol–water partition coefficient (Wildman–Crippen LogP) is 1.02. The molecule has 0 aliphatic rings. The summed E-state index contributed by atoms with van der Waals surface area (Å²) in [6, 6.07) is 3.47. The SMILES string of the molecule is CCCNc1ccnc(C(=O)N(C)CCS(C)(=O)=O)c1. The third kappa shape index (κ3) is 5.56. The van der Waals surface area contributed by atoms with E-state index in [0.717, 1.165) is 24.9 Å². The van der Waals surface area contributed by atoms with Gasteiger partial charge in [0.15, 0.2) is 0 Å². The lowest BCUT2D eigenvalue weighted by Crippen LogP contribution is -2.32. The van der Waals surface area contributed by atoms with Crippen molar-refractivity contribution in [3.05, 3.63) is 24.0 Å². The number of hydrogen-bond donors (Lipinski definition) is 1. The second-order valence-corrected chi connectivity index (χ2v) is 6.97. The summed E-state index contributed by atoms with van der Waals surface area (Å²) < 4.78 is 22.2. The molecule has 0 saturated heterocycles. The molecule has 20 heavy (non-hydrogen) atoms. The van der Waals surface area contributed by atoms with Gasteiger partial charge < -0.3 is 10.2 Å². The van der Waals surface area contributed by atoms with Crippen LogP contribution in [-0.4, -0.2) is 56.4 Å². The van der Waals surface area contributed by atoms with E-state index in [1.807, 2.05) is 0 Å². The summed E-state index contributed by atoms with van der Waals surface area (Å²) >= 11 is 0. The first kappa shape index (κ1) is 16.4. The van der Waals surface area contributed by atoms with Crippen LogP contribution in [0.5, 0.6) is 0 Å². The number of pyridine rings is 1. The molecule has 0 fully saturated rings. The summed E-state index contributed by atoms with van der Waals surface area (Å²) in [5.41, 5.74) is 1.14. The third-order valence-corrected chi connectivity index (χ3v) is 3.63. The van der Waals surface area contributed by atoms with Crippen LogP contribution in [0.3, 0.4) is 0 Å². The standard InChI is InChI=1S/C13H21N3O3S/c1-4-6-14-11-5-7-15-12(10-11)13(17)16(2)8-9-20(3,18)19/h5,7,10H,4,6,8-9H2,1-3H3,(H,14,15). The Morgan fingerprint density at radius 3 is 2.75 bits per heavy atom. The molecule has 0 radical (unpaired) electrons. The third-order valence-electron chi connectivity index (χ3n) is 2.70. The molecule has 0 aliphatic carbocycles. The Hall–Kier alpha value is -1.63. The average Bonchev–Trinajstić information content (AvgIpc) is 2.41. The highest BCUT2D eigenvalue weighted by atomic mass is 32.2. The lowest BCUT2D eigenvalue weighted by atomic mass is 10.3. The van der Waals surface area contributed by atoms with Gasteiger partial charge in [0.05, 0.1) is 5.75 Å². The minimum absolute atomic E-state index is 0.0526. The lowest BCUT2D eigenvalue weighted by Gasteiger charge is -2.16. The molecule has 1 N–H and O–H groups in total. The van der Waals surface area contributed by atoms with Crippen LogP contribution in [-0.2, 0) is 9.84 Å². The van der Waals surface area contributed by atoms with E-state index in [1.165, 1.54) is 4.90 Å². The van der Waals surface area contributed by atoms with Gasteiger partial charge in [0.2, 0.25) is 0 Å². The zero-order chi connectivity index (χ0) is 15.2. The number of anilines is 1. The minimum atomic E-state index is -3.08. The van der Waals surface area contributed by atoms with Crippen molar-refractivity contribution in [3.8, 4) is 0 Å². The largest absolute Gasteiger partial charge is 0.385 e. The van der Waals surface area contributed by atoms with Gasteiger partial charge in [0, 0.05) is 38.3 Å².